The molecule has 0 fully saturated rings. The molecular formula is C14H21N3O2. The molecule has 104 valence electrons. The van der Waals surface area contributed by atoms with Gasteiger partial charge in [-0.25, -0.2) is 4.98 Å². The third-order valence-corrected chi connectivity index (χ3v) is 3.48. The first kappa shape index (κ1) is 14.0. The van der Waals surface area contributed by atoms with Crippen molar-refractivity contribution in [3.05, 3.63) is 29.6 Å². The van der Waals surface area contributed by atoms with Gasteiger partial charge in [-0.2, -0.15) is 0 Å². The van der Waals surface area contributed by atoms with E-state index in [0.29, 0.717) is 13.1 Å². The second-order valence-corrected chi connectivity index (χ2v) is 4.97. The molecule has 0 aliphatic rings. The van der Waals surface area contributed by atoms with Gasteiger partial charge in [0.05, 0.1) is 23.7 Å². The molecule has 0 amide bonds. The molecule has 1 unspecified atom stereocenters. The molecule has 1 aromatic heterocycles. The first-order chi connectivity index (χ1) is 9.02. The van der Waals surface area contributed by atoms with E-state index in [2.05, 4.69) is 4.98 Å². The van der Waals surface area contributed by atoms with Crippen LogP contribution in [0.2, 0.25) is 0 Å². The minimum atomic E-state index is -0.566. The molecule has 2 rings (SSSR count). The monoisotopic (exact) mass is 263 g/mol. The Hall–Kier alpha value is -1.43. The highest BCUT2D eigenvalue weighted by molar-refractivity contribution is 5.76. The number of imidazole rings is 1. The van der Waals surface area contributed by atoms with Gasteiger partial charge in [0.1, 0.15) is 5.82 Å². The van der Waals surface area contributed by atoms with E-state index in [1.807, 2.05) is 48.7 Å². The Morgan fingerprint density at radius 1 is 1.42 bits per heavy atom. The Bertz CT molecular complexity index is 565. The van der Waals surface area contributed by atoms with Crippen molar-refractivity contribution in [1.82, 2.24) is 14.5 Å². The lowest BCUT2D eigenvalue weighted by Crippen LogP contribution is -2.27. The average molecular weight is 263 g/mol. The van der Waals surface area contributed by atoms with Gasteiger partial charge in [0.25, 0.3) is 0 Å². The van der Waals surface area contributed by atoms with E-state index in [0.717, 1.165) is 22.4 Å². The summed E-state index contributed by atoms with van der Waals surface area (Å²) in [6.45, 7) is 3.12. The lowest BCUT2D eigenvalue weighted by atomic mass is 10.1. The van der Waals surface area contributed by atoms with Crippen molar-refractivity contribution in [3.63, 3.8) is 0 Å². The molecule has 1 heterocycles. The van der Waals surface area contributed by atoms with Gasteiger partial charge in [-0.3, -0.25) is 0 Å². The Labute approximate surface area is 113 Å². The number of aliphatic hydroxyl groups is 2. The van der Waals surface area contributed by atoms with Gasteiger partial charge >= 0.3 is 0 Å². The first-order valence-electron chi connectivity index (χ1n) is 6.43. The first-order valence-corrected chi connectivity index (χ1v) is 6.43. The molecule has 0 saturated heterocycles. The van der Waals surface area contributed by atoms with Crippen molar-refractivity contribution in [2.24, 2.45) is 7.05 Å². The van der Waals surface area contributed by atoms with Crippen LogP contribution in [0.4, 0.5) is 0 Å². The summed E-state index contributed by atoms with van der Waals surface area (Å²) < 4.78 is 2.03. The predicted molar refractivity (Wildman–Crippen MR) is 75.0 cm³/mol. The zero-order chi connectivity index (χ0) is 14.0. The van der Waals surface area contributed by atoms with Gasteiger partial charge in [-0.15, -0.1) is 0 Å². The topological polar surface area (TPSA) is 61.5 Å². The van der Waals surface area contributed by atoms with Gasteiger partial charge < -0.3 is 19.7 Å². The van der Waals surface area contributed by atoms with E-state index >= 15 is 0 Å². The molecule has 5 nitrogen and oxygen atoms in total. The van der Waals surface area contributed by atoms with Gasteiger partial charge in [-0.1, -0.05) is 6.07 Å². The van der Waals surface area contributed by atoms with Crippen LogP contribution in [0.25, 0.3) is 11.0 Å². The zero-order valence-corrected chi connectivity index (χ0v) is 11.7. The Morgan fingerprint density at radius 2 is 2.16 bits per heavy atom. The summed E-state index contributed by atoms with van der Waals surface area (Å²) >= 11 is 0. The number of benzene rings is 1. The van der Waals surface area contributed by atoms with Crippen LogP contribution in [0.3, 0.4) is 0 Å². The maximum absolute atomic E-state index is 10.2. The van der Waals surface area contributed by atoms with E-state index < -0.39 is 6.10 Å². The molecule has 0 spiro atoms. The van der Waals surface area contributed by atoms with E-state index in [4.69, 9.17) is 5.11 Å². The number of hydrogen-bond acceptors (Lipinski definition) is 4. The molecule has 1 atom stereocenters. The van der Waals surface area contributed by atoms with E-state index in [1.54, 1.807) is 0 Å². The number of aryl methyl sites for hydroxylation is 2. The lowest BCUT2D eigenvalue weighted by Gasteiger charge is -2.19. The van der Waals surface area contributed by atoms with Crippen LogP contribution in [0, 0.1) is 6.92 Å². The summed E-state index contributed by atoms with van der Waals surface area (Å²) in [6, 6.07) is 5.85. The standard InChI is InChI=1S/C14H21N3O2/c1-10-15-12-8-11(4-5-13(12)17(10)3)14(19)9-16(2)6-7-18/h4-5,8,14,18-19H,6-7,9H2,1-3H3. The summed E-state index contributed by atoms with van der Waals surface area (Å²) in [4.78, 5) is 6.37. The maximum atomic E-state index is 10.2. The molecule has 1 aromatic carbocycles. The molecule has 0 bridgehead atoms. The highest BCUT2D eigenvalue weighted by Gasteiger charge is 2.12. The molecule has 0 radical (unpaired) electrons. The Morgan fingerprint density at radius 3 is 2.84 bits per heavy atom. The van der Waals surface area contributed by atoms with Crippen molar-refractivity contribution in [3.8, 4) is 0 Å². The SMILES string of the molecule is Cc1nc2cc(C(O)CN(C)CCO)ccc2n1C. The number of likely N-dealkylation sites (N-methyl/N-ethyl adjacent to an activating group) is 1. The van der Waals surface area contributed by atoms with Crippen LogP contribution < -0.4 is 0 Å². The number of fused-ring (bicyclic) bond motifs is 1. The largest absolute Gasteiger partial charge is 0.395 e. The molecule has 0 aliphatic heterocycles. The average Bonchev–Trinajstić information content (AvgIpc) is 2.65. The fourth-order valence-electron chi connectivity index (χ4n) is 2.21. The van der Waals surface area contributed by atoms with Crippen molar-refractivity contribution >= 4 is 11.0 Å². The number of hydrogen-bond donors (Lipinski definition) is 2. The summed E-state index contributed by atoms with van der Waals surface area (Å²) in [7, 11) is 3.86. The van der Waals surface area contributed by atoms with Crippen LogP contribution in [0.5, 0.6) is 0 Å². The van der Waals surface area contributed by atoms with Crippen LogP contribution >= 0.6 is 0 Å². The molecule has 0 aliphatic carbocycles. The van der Waals surface area contributed by atoms with Crippen molar-refractivity contribution in [2.75, 3.05) is 26.7 Å². The van der Waals surface area contributed by atoms with Crippen LogP contribution in [-0.2, 0) is 7.05 Å². The summed E-state index contributed by atoms with van der Waals surface area (Å²) in [5, 5.41) is 19.1. The van der Waals surface area contributed by atoms with E-state index in [-0.39, 0.29) is 6.61 Å². The molecule has 2 N–H and O–H groups in total. The number of aliphatic hydroxyl groups excluding tert-OH is 2. The summed E-state index contributed by atoms with van der Waals surface area (Å²) in [6.07, 6.45) is -0.566. The molecular weight excluding hydrogens is 242 g/mol. The quantitative estimate of drug-likeness (QED) is 0.839. The number of aromatic nitrogens is 2. The molecule has 19 heavy (non-hydrogen) atoms. The fraction of sp³-hybridized carbons (Fsp3) is 0.500. The Balaban J connectivity index is 2.21. The predicted octanol–water partition coefficient (Wildman–Crippen LogP) is 0.839. The number of rotatable bonds is 5. The molecule has 5 heteroatoms. The van der Waals surface area contributed by atoms with Gasteiger partial charge in [-0.05, 0) is 31.7 Å². The van der Waals surface area contributed by atoms with E-state index in [1.165, 1.54) is 0 Å². The molecule has 0 saturated carbocycles. The van der Waals surface area contributed by atoms with Crippen molar-refractivity contribution in [1.29, 1.82) is 0 Å². The second kappa shape index (κ2) is 5.69. The van der Waals surface area contributed by atoms with Gasteiger partial charge in [0.2, 0.25) is 0 Å². The van der Waals surface area contributed by atoms with Crippen LogP contribution in [-0.4, -0.2) is 51.4 Å². The molecule has 2 aromatic rings. The van der Waals surface area contributed by atoms with E-state index in [9.17, 15) is 5.11 Å². The van der Waals surface area contributed by atoms with Crippen LogP contribution in [0.15, 0.2) is 18.2 Å². The maximum Gasteiger partial charge on any atom is 0.106 e. The fourth-order valence-corrected chi connectivity index (χ4v) is 2.21. The normalized spacial score (nSPS) is 13.4. The van der Waals surface area contributed by atoms with Gasteiger partial charge in [0.15, 0.2) is 0 Å². The summed E-state index contributed by atoms with van der Waals surface area (Å²) in [5.74, 6) is 0.957. The third-order valence-electron chi connectivity index (χ3n) is 3.48. The van der Waals surface area contributed by atoms with Crippen LogP contribution in [0.1, 0.15) is 17.5 Å². The number of nitrogens with zero attached hydrogens (tertiary/aromatic N) is 3. The van der Waals surface area contributed by atoms with Gasteiger partial charge in [0, 0.05) is 20.1 Å². The third kappa shape index (κ3) is 2.94. The highest BCUT2D eigenvalue weighted by atomic mass is 16.3. The van der Waals surface area contributed by atoms with Crippen molar-refractivity contribution < 1.29 is 10.2 Å². The van der Waals surface area contributed by atoms with Crippen molar-refractivity contribution in [2.45, 2.75) is 13.0 Å². The Kier molecular flexibility index (Phi) is 4.19. The highest BCUT2D eigenvalue weighted by Crippen LogP contribution is 2.21. The lowest BCUT2D eigenvalue weighted by molar-refractivity contribution is 0.115. The summed E-state index contributed by atoms with van der Waals surface area (Å²) in [5.41, 5.74) is 2.83. The zero-order valence-electron chi connectivity index (χ0n) is 11.7. The minimum absolute atomic E-state index is 0.0989. The second-order valence-electron chi connectivity index (χ2n) is 4.97. The smallest absolute Gasteiger partial charge is 0.106 e. The minimum Gasteiger partial charge on any atom is -0.395 e.